The van der Waals surface area contributed by atoms with Gasteiger partial charge in [0.05, 0.1) is 18.9 Å². The van der Waals surface area contributed by atoms with E-state index in [-0.39, 0.29) is 22.5 Å². The highest BCUT2D eigenvalue weighted by atomic mass is 31.2. The van der Waals surface area contributed by atoms with Gasteiger partial charge in [-0.3, -0.25) is 9.09 Å². The molecule has 2 aromatic carbocycles. The van der Waals surface area contributed by atoms with Crippen LogP contribution in [0.3, 0.4) is 0 Å². The van der Waals surface area contributed by atoms with Gasteiger partial charge in [-0.2, -0.15) is 0 Å². The molecule has 2 atom stereocenters. The molecule has 194 valence electrons. The van der Waals surface area contributed by atoms with E-state index in [9.17, 15) is 4.57 Å². The Hall–Kier alpha value is -1.23. The summed E-state index contributed by atoms with van der Waals surface area (Å²) in [4.78, 5) is 0. The standard InChI is InChI=1S/C29H45O4PSi/c1-23(2)20-34(30,32-24(3)4)33-29(21-28(29,8)9)22-31-35(27(5,6)7,25-16-12-10-13-17-25)26-18-14-11-15-19-26/h10-19,23-24H,20-22H2,1-9H3. The van der Waals surface area contributed by atoms with Gasteiger partial charge < -0.3 is 8.95 Å². The summed E-state index contributed by atoms with van der Waals surface area (Å²) in [5.41, 5.74) is -0.787. The van der Waals surface area contributed by atoms with Gasteiger partial charge in [-0.1, -0.05) is 109 Å². The summed E-state index contributed by atoms with van der Waals surface area (Å²) in [6.45, 7) is 19.5. The maximum atomic E-state index is 14.0. The zero-order valence-corrected chi connectivity index (χ0v) is 25.0. The fourth-order valence-corrected chi connectivity index (χ4v) is 12.5. The van der Waals surface area contributed by atoms with Crippen LogP contribution in [0.4, 0.5) is 0 Å². The molecule has 3 rings (SSSR count). The lowest BCUT2D eigenvalue weighted by molar-refractivity contribution is 0.0454. The van der Waals surface area contributed by atoms with Crippen molar-refractivity contribution in [2.75, 3.05) is 12.8 Å². The number of benzene rings is 2. The molecule has 1 saturated carbocycles. The van der Waals surface area contributed by atoms with Gasteiger partial charge in [-0.25, -0.2) is 0 Å². The average Bonchev–Trinajstić information content (AvgIpc) is 3.26. The topological polar surface area (TPSA) is 44.8 Å². The minimum atomic E-state index is -3.30. The summed E-state index contributed by atoms with van der Waals surface area (Å²) in [5, 5.41) is 2.33. The molecule has 2 unspecified atom stereocenters. The van der Waals surface area contributed by atoms with Crippen LogP contribution in [0.2, 0.25) is 5.04 Å². The van der Waals surface area contributed by atoms with Crippen LogP contribution >= 0.6 is 7.60 Å². The molecule has 0 bridgehead atoms. The summed E-state index contributed by atoms with van der Waals surface area (Å²) in [5.74, 6) is 0.205. The second kappa shape index (κ2) is 10.3. The van der Waals surface area contributed by atoms with Crippen molar-refractivity contribution in [1.29, 1.82) is 0 Å². The van der Waals surface area contributed by atoms with E-state index in [4.69, 9.17) is 13.5 Å². The highest BCUT2D eigenvalue weighted by Gasteiger charge is 2.67. The van der Waals surface area contributed by atoms with E-state index >= 15 is 0 Å². The van der Waals surface area contributed by atoms with Crippen molar-refractivity contribution in [3.8, 4) is 0 Å². The van der Waals surface area contributed by atoms with E-state index in [1.807, 2.05) is 13.8 Å². The van der Waals surface area contributed by atoms with Crippen molar-refractivity contribution in [3.05, 3.63) is 60.7 Å². The third kappa shape index (κ3) is 6.02. The molecular formula is C29H45O4PSi. The smallest absolute Gasteiger partial charge is 0.331 e. The van der Waals surface area contributed by atoms with Crippen LogP contribution in [0.25, 0.3) is 0 Å². The highest BCUT2D eigenvalue weighted by Crippen LogP contribution is 2.67. The molecule has 0 aliphatic heterocycles. The lowest BCUT2D eigenvalue weighted by Crippen LogP contribution is -2.67. The Kier molecular flexibility index (Phi) is 8.31. The molecule has 2 aromatic rings. The monoisotopic (exact) mass is 516 g/mol. The largest absolute Gasteiger partial charge is 0.404 e. The molecule has 6 heteroatoms. The van der Waals surface area contributed by atoms with Crippen molar-refractivity contribution in [3.63, 3.8) is 0 Å². The molecule has 0 saturated heterocycles. The molecule has 1 aliphatic carbocycles. The second-order valence-corrected chi connectivity index (χ2v) is 18.7. The molecule has 4 nitrogen and oxygen atoms in total. The lowest BCUT2D eigenvalue weighted by Gasteiger charge is -2.44. The zero-order chi connectivity index (χ0) is 26.1. The average molecular weight is 517 g/mol. The van der Waals surface area contributed by atoms with Gasteiger partial charge in [0.25, 0.3) is 8.32 Å². The van der Waals surface area contributed by atoms with Crippen LogP contribution in [-0.4, -0.2) is 32.8 Å². The normalized spacial score (nSPS) is 21.8. The highest BCUT2D eigenvalue weighted by molar-refractivity contribution is 7.53. The minimum absolute atomic E-state index is 0.133. The van der Waals surface area contributed by atoms with Gasteiger partial charge in [0.1, 0.15) is 5.60 Å². The first kappa shape index (κ1) is 28.3. The summed E-state index contributed by atoms with van der Waals surface area (Å²) in [6, 6.07) is 21.3. The van der Waals surface area contributed by atoms with Gasteiger partial charge in [-0.05, 0) is 47.0 Å². The van der Waals surface area contributed by atoms with E-state index in [0.29, 0.717) is 12.8 Å². The van der Waals surface area contributed by atoms with E-state index in [1.165, 1.54) is 10.4 Å². The fraction of sp³-hybridized carbons (Fsp3) is 0.586. The Morgan fingerprint density at radius 3 is 1.71 bits per heavy atom. The molecule has 1 fully saturated rings. The molecular weight excluding hydrogens is 471 g/mol. The Morgan fingerprint density at radius 1 is 0.914 bits per heavy atom. The molecule has 0 spiro atoms. The lowest BCUT2D eigenvalue weighted by atomic mass is 10.1. The predicted molar refractivity (Wildman–Crippen MR) is 149 cm³/mol. The molecule has 1 aliphatic rings. The predicted octanol–water partition coefficient (Wildman–Crippen LogP) is 7.02. The summed E-state index contributed by atoms with van der Waals surface area (Å²) < 4.78 is 33.7. The molecule has 0 aromatic heterocycles. The van der Waals surface area contributed by atoms with E-state index in [0.717, 1.165) is 6.42 Å². The summed E-state index contributed by atoms with van der Waals surface area (Å²) in [7, 11) is -6.03. The van der Waals surface area contributed by atoms with E-state index in [1.54, 1.807) is 0 Å². The van der Waals surface area contributed by atoms with Crippen molar-refractivity contribution in [2.45, 2.75) is 85.5 Å². The minimum Gasteiger partial charge on any atom is -0.404 e. The third-order valence-corrected chi connectivity index (χ3v) is 14.6. The van der Waals surface area contributed by atoms with Gasteiger partial charge >= 0.3 is 7.60 Å². The molecule has 0 radical (unpaired) electrons. The number of hydrogen-bond donors (Lipinski definition) is 0. The van der Waals surface area contributed by atoms with Gasteiger partial charge in [0, 0.05) is 0 Å². The van der Waals surface area contributed by atoms with Crippen molar-refractivity contribution < 1.29 is 18.0 Å². The zero-order valence-electron chi connectivity index (χ0n) is 23.1. The van der Waals surface area contributed by atoms with Crippen LogP contribution in [0.15, 0.2) is 60.7 Å². The quantitative estimate of drug-likeness (QED) is 0.238. The summed E-state index contributed by atoms with van der Waals surface area (Å²) in [6.07, 6.45) is 1.03. The Bertz CT molecular complexity index is 960. The van der Waals surface area contributed by atoms with Crippen molar-refractivity contribution in [1.82, 2.24) is 0 Å². The maximum Gasteiger partial charge on any atom is 0.331 e. The van der Waals surface area contributed by atoms with Crippen LogP contribution < -0.4 is 10.4 Å². The van der Waals surface area contributed by atoms with Crippen LogP contribution in [0.5, 0.6) is 0 Å². The SMILES string of the molecule is CC(C)CP(=O)(OC(C)C)OC1(CO[Si](c2ccccc2)(c2ccccc2)C(C)(C)C)CC1(C)C. The van der Waals surface area contributed by atoms with Crippen molar-refractivity contribution >= 4 is 26.3 Å². The van der Waals surface area contributed by atoms with Gasteiger partial charge in [0.15, 0.2) is 0 Å². The number of hydrogen-bond acceptors (Lipinski definition) is 4. The first-order valence-corrected chi connectivity index (χ1v) is 16.5. The van der Waals surface area contributed by atoms with Crippen molar-refractivity contribution in [2.24, 2.45) is 11.3 Å². The Labute approximate surface area is 214 Å². The third-order valence-electron chi connectivity index (χ3n) is 7.05. The van der Waals surface area contributed by atoms with Gasteiger partial charge in [0.2, 0.25) is 0 Å². The summed E-state index contributed by atoms with van der Waals surface area (Å²) >= 11 is 0. The first-order valence-electron chi connectivity index (χ1n) is 12.9. The molecule has 0 N–H and O–H groups in total. The van der Waals surface area contributed by atoms with Crippen LogP contribution in [0.1, 0.15) is 68.7 Å². The Morgan fingerprint density at radius 2 is 1.37 bits per heavy atom. The van der Waals surface area contributed by atoms with Gasteiger partial charge in [-0.15, -0.1) is 0 Å². The molecule has 0 amide bonds. The maximum absolute atomic E-state index is 14.0. The van der Waals surface area contributed by atoms with Crippen LogP contribution in [-0.2, 0) is 18.0 Å². The van der Waals surface area contributed by atoms with E-state index in [2.05, 4.69) is 109 Å². The number of rotatable bonds is 11. The first-order chi connectivity index (χ1) is 16.2. The van der Waals surface area contributed by atoms with Crippen LogP contribution in [0, 0.1) is 11.3 Å². The fourth-order valence-electron chi connectivity index (χ4n) is 5.22. The molecule has 35 heavy (non-hydrogen) atoms. The van der Waals surface area contributed by atoms with E-state index < -0.39 is 21.5 Å². The molecule has 0 heterocycles. The second-order valence-electron chi connectivity index (χ2n) is 12.4. The Balaban J connectivity index is 2.04.